The van der Waals surface area contributed by atoms with Crippen molar-refractivity contribution in [2.24, 2.45) is 5.92 Å². The Hall–Kier alpha value is -3.02. The maximum absolute atomic E-state index is 13.1. The molecule has 0 amide bonds. The fourth-order valence-electron chi connectivity index (χ4n) is 3.50. The van der Waals surface area contributed by atoms with Crippen molar-refractivity contribution in [2.45, 2.75) is 12.6 Å². The molecule has 1 saturated heterocycles. The molecule has 2 aliphatic heterocycles. The van der Waals surface area contributed by atoms with Crippen LogP contribution in [0, 0.1) is 5.92 Å². The molecular formula is C21H16F3NO3. The van der Waals surface area contributed by atoms with Crippen molar-refractivity contribution < 1.29 is 27.8 Å². The van der Waals surface area contributed by atoms with Gasteiger partial charge >= 0.3 is 12.1 Å². The van der Waals surface area contributed by atoms with Crippen LogP contribution in [0.2, 0.25) is 0 Å². The lowest BCUT2D eigenvalue weighted by atomic mass is 9.96. The molecule has 144 valence electrons. The van der Waals surface area contributed by atoms with E-state index in [4.69, 9.17) is 4.74 Å². The van der Waals surface area contributed by atoms with E-state index in [0.29, 0.717) is 30.2 Å². The molecule has 0 radical (unpaired) electrons. The number of carbonyl (C=O) groups is 1. The van der Waals surface area contributed by atoms with Gasteiger partial charge in [-0.2, -0.15) is 13.2 Å². The SMILES string of the molecule is O=C(O)c1cccc(N2C(C3CCOC3)=C=Cc3cc(C(F)(F)F)ccc32)c1. The van der Waals surface area contributed by atoms with E-state index in [1.807, 2.05) is 0 Å². The molecule has 0 bridgehead atoms. The number of carboxylic acids is 1. The number of anilines is 2. The summed E-state index contributed by atoms with van der Waals surface area (Å²) in [6.07, 6.45) is -2.13. The number of halogens is 3. The lowest BCUT2D eigenvalue weighted by molar-refractivity contribution is -0.137. The number of nitrogens with zero attached hydrogens (tertiary/aromatic N) is 1. The number of rotatable bonds is 3. The van der Waals surface area contributed by atoms with E-state index >= 15 is 0 Å². The molecule has 2 aromatic carbocycles. The van der Waals surface area contributed by atoms with Gasteiger partial charge in [0.25, 0.3) is 0 Å². The number of alkyl halides is 3. The highest BCUT2D eigenvalue weighted by Crippen LogP contribution is 2.42. The molecule has 4 rings (SSSR count). The van der Waals surface area contributed by atoms with Gasteiger partial charge in [-0.05, 0) is 48.9 Å². The van der Waals surface area contributed by atoms with Crippen molar-refractivity contribution in [1.82, 2.24) is 0 Å². The Morgan fingerprint density at radius 2 is 2.04 bits per heavy atom. The molecule has 1 atom stereocenters. The zero-order chi connectivity index (χ0) is 19.9. The predicted molar refractivity (Wildman–Crippen MR) is 97.4 cm³/mol. The highest BCUT2D eigenvalue weighted by molar-refractivity contribution is 5.90. The number of ether oxygens (including phenoxy) is 1. The summed E-state index contributed by atoms with van der Waals surface area (Å²) >= 11 is 0. The van der Waals surface area contributed by atoms with Crippen LogP contribution in [0.3, 0.4) is 0 Å². The van der Waals surface area contributed by atoms with Crippen LogP contribution in [0.25, 0.3) is 6.08 Å². The van der Waals surface area contributed by atoms with Crippen LogP contribution in [0.1, 0.15) is 27.9 Å². The van der Waals surface area contributed by atoms with Gasteiger partial charge in [-0.1, -0.05) is 11.8 Å². The number of hydrogen-bond acceptors (Lipinski definition) is 3. The molecule has 0 saturated carbocycles. The molecule has 1 unspecified atom stereocenters. The first kappa shape index (κ1) is 18.3. The summed E-state index contributed by atoms with van der Waals surface area (Å²) in [5.41, 5.74) is 4.72. The summed E-state index contributed by atoms with van der Waals surface area (Å²) < 4.78 is 44.8. The van der Waals surface area contributed by atoms with Crippen molar-refractivity contribution >= 4 is 23.4 Å². The van der Waals surface area contributed by atoms with Gasteiger partial charge < -0.3 is 14.7 Å². The van der Waals surface area contributed by atoms with Crippen LogP contribution in [-0.2, 0) is 10.9 Å². The van der Waals surface area contributed by atoms with Crippen molar-refractivity contribution in [1.29, 1.82) is 0 Å². The lowest BCUT2D eigenvalue weighted by Crippen LogP contribution is -2.25. The van der Waals surface area contributed by atoms with E-state index in [0.717, 1.165) is 24.3 Å². The van der Waals surface area contributed by atoms with Crippen LogP contribution >= 0.6 is 0 Å². The minimum absolute atomic E-state index is 0.0279. The fraction of sp³-hybridized carbons (Fsp3) is 0.238. The summed E-state index contributed by atoms with van der Waals surface area (Å²) in [6.45, 7) is 1.08. The molecule has 4 nitrogen and oxygen atoms in total. The van der Waals surface area contributed by atoms with E-state index in [-0.39, 0.29) is 11.5 Å². The minimum atomic E-state index is -4.44. The summed E-state index contributed by atoms with van der Waals surface area (Å²) in [4.78, 5) is 13.2. The van der Waals surface area contributed by atoms with Gasteiger partial charge in [0.2, 0.25) is 0 Å². The van der Waals surface area contributed by atoms with Crippen LogP contribution in [0.4, 0.5) is 24.5 Å². The van der Waals surface area contributed by atoms with E-state index in [2.05, 4.69) is 5.73 Å². The maximum atomic E-state index is 13.1. The average Bonchev–Trinajstić information content (AvgIpc) is 3.20. The molecule has 2 heterocycles. The Balaban J connectivity index is 1.87. The third kappa shape index (κ3) is 3.30. The second kappa shape index (κ2) is 6.86. The smallest absolute Gasteiger partial charge is 0.416 e. The van der Waals surface area contributed by atoms with Gasteiger partial charge in [0.05, 0.1) is 29.1 Å². The highest BCUT2D eigenvalue weighted by atomic mass is 19.4. The number of fused-ring (bicyclic) bond motifs is 1. The van der Waals surface area contributed by atoms with Gasteiger partial charge in [0, 0.05) is 23.8 Å². The van der Waals surface area contributed by atoms with Crippen molar-refractivity contribution in [3.05, 3.63) is 70.6 Å². The van der Waals surface area contributed by atoms with Crippen LogP contribution < -0.4 is 4.90 Å². The van der Waals surface area contributed by atoms with Gasteiger partial charge in [0.15, 0.2) is 0 Å². The number of aromatic carboxylic acids is 1. The second-order valence-corrected chi connectivity index (χ2v) is 6.70. The van der Waals surface area contributed by atoms with E-state index in [1.165, 1.54) is 18.2 Å². The minimum Gasteiger partial charge on any atom is -0.478 e. The first-order valence-electron chi connectivity index (χ1n) is 8.73. The third-order valence-corrected chi connectivity index (χ3v) is 4.88. The molecule has 0 spiro atoms. The van der Waals surface area contributed by atoms with E-state index in [1.54, 1.807) is 23.1 Å². The number of carboxylic acid groups (broad SMARTS) is 1. The predicted octanol–water partition coefficient (Wildman–Crippen LogP) is 5.09. The lowest BCUT2D eigenvalue weighted by Gasteiger charge is -2.33. The summed E-state index contributed by atoms with van der Waals surface area (Å²) in [6, 6.07) is 9.86. The fourth-order valence-corrected chi connectivity index (χ4v) is 3.50. The molecule has 2 aliphatic rings. The molecule has 28 heavy (non-hydrogen) atoms. The largest absolute Gasteiger partial charge is 0.478 e. The van der Waals surface area contributed by atoms with Gasteiger partial charge in [-0.3, -0.25) is 0 Å². The average molecular weight is 387 g/mol. The zero-order valence-corrected chi connectivity index (χ0v) is 14.7. The first-order valence-corrected chi connectivity index (χ1v) is 8.73. The maximum Gasteiger partial charge on any atom is 0.416 e. The Bertz CT molecular complexity index is 1000. The molecule has 1 N–H and O–H groups in total. The molecular weight excluding hydrogens is 371 g/mol. The first-order chi connectivity index (χ1) is 13.3. The quantitative estimate of drug-likeness (QED) is 0.746. The molecule has 7 heteroatoms. The third-order valence-electron chi connectivity index (χ3n) is 4.88. The van der Waals surface area contributed by atoms with Crippen molar-refractivity contribution in [3.63, 3.8) is 0 Å². The summed E-state index contributed by atoms with van der Waals surface area (Å²) in [5, 5.41) is 9.31. The molecule has 0 aliphatic carbocycles. The Labute approximate surface area is 159 Å². The summed E-state index contributed by atoms with van der Waals surface area (Å²) in [5.74, 6) is -1.04. The van der Waals surface area contributed by atoms with Gasteiger partial charge in [-0.25, -0.2) is 4.79 Å². The van der Waals surface area contributed by atoms with Crippen LogP contribution in [0.5, 0.6) is 0 Å². The van der Waals surface area contributed by atoms with Gasteiger partial charge in [-0.15, -0.1) is 0 Å². The topological polar surface area (TPSA) is 49.8 Å². The molecule has 0 aromatic heterocycles. The monoisotopic (exact) mass is 387 g/mol. The van der Waals surface area contributed by atoms with Crippen molar-refractivity contribution in [3.8, 4) is 0 Å². The van der Waals surface area contributed by atoms with Crippen LogP contribution in [0.15, 0.2) is 53.9 Å². The number of benzene rings is 2. The van der Waals surface area contributed by atoms with Crippen molar-refractivity contribution in [2.75, 3.05) is 18.1 Å². The second-order valence-electron chi connectivity index (χ2n) is 6.70. The van der Waals surface area contributed by atoms with Crippen LogP contribution in [-0.4, -0.2) is 24.3 Å². The standard InChI is InChI=1S/C21H16F3NO3/c22-21(23,24)16-5-7-18-13(10-16)4-6-19(15-8-9-28-12-15)25(18)17-3-1-2-14(11-17)20(26)27/h1-5,7,10-11,15H,8-9,12H2,(H,26,27). The Morgan fingerprint density at radius 3 is 2.71 bits per heavy atom. The van der Waals surface area contributed by atoms with Gasteiger partial charge in [0.1, 0.15) is 0 Å². The van der Waals surface area contributed by atoms with E-state index in [9.17, 15) is 23.1 Å². The normalized spacial score (nSPS) is 18.8. The molecule has 2 aromatic rings. The van der Waals surface area contributed by atoms with E-state index < -0.39 is 17.7 Å². The number of hydrogen-bond donors (Lipinski definition) is 1. The Morgan fingerprint density at radius 1 is 1.21 bits per heavy atom. The molecule has 1 fully saturated rings. The highest BCUT2D eigenvalue weighted by Gasteiger charge is 2.33. The Kier molecular flexibility index (Phi) is 4.49. The summed E-state index contributed by atoms with van der Waals surface area (Å²) in [7, 11) is 0. The zero-order valence-electron chi connectivity index (χ0n) is 14.7.